The first-order chi connectivity index (χ1) is 14.5. The molecule has 1 aliphatic rings. The quantitative estimate of drug-likeness (QED) is 0.341. The molecule has 1 aliphatic heterocycles. The van der Waals surface area contributed by atoms with E-state index in [9.17, 15) is 37.7 Å². The minimum atomic E-state index is -4.71. The van der Waals surface area contributed by atoms with Crippen molar-refractivity contribution in [1.29, 1.82) is 0 Å². The van der Waals surface area contributed by atoms with Crippen LogP contribution in [0.5, 0.6) is 0 Å². The number of nitrogens with one attached hydrogen (secondary N) is 1. The minimum Gasteiger partial charge on any atom is -0.276 e. The van der Waals surface area contributed by atoms with Gasteiger partial charge >= 0.3 is 12.2 Å². The van der Waals surface area contributed by atoms with Crippen molar-refractivity contribution in [1.82, 2.24) is 5.32 Å². The van der Waals surface area contributed by atoms with E-state index in [4.69, 9.17) is 0 Å². The first-order valence-corrected chi connectivity index (χ1v) is 8.64. The van der Waals surface area contributed by atoms with E-state index < -0.39 is 40.4 Å². The van der Waals surface area contributed by atoms with Crippen LogP contribution in [0.4, 0.5) is 35.0 Å². The second-order valence-corrected chi connectivity index (χ2v) is 6.50. The van der Waals surface area contributed by atoms with Gasteiger partial charge in [0.05, 0.1) is 21.9 Å². The smallest absolute Gasteiger partial charge is 0.276 e. The lowest BCUT2D eigenvalue weighted by Gasteiger charge is -2.28. The number of amides is 4. The summed E-state index contributed by atoms with van der Waals surface area (Å²) in [5, 5.41) is 12.8. The number of carbonyl (C=O) groups is 3. The summed E-state index contributed by atoms with van der Waals surface area (Å²) < 4.78 is 38.9. The molecule has 2 aromatic carbocycles. The molecule has 12 heteroatoms. The van der Waals surface area contributed by atoms with Crippen molar-refractivity contribution in [3.8, 4) is 0 Å². The number of hydrogen-bond acceptors (Lipinski definition) is 6. The van der Waals surface area contributed by atoms with Gasteiger partial charge in [0.1, 0.15) is 0 Å². The van der Waals surface area contributed by atoms with Crippen LogP contribution in [0.1, 0.15) is 11.1 Å². The van der Waals surface area contributed by atoms with Gasteiger partial charge in [0.2, 0.25) is 5.91 Å². The van der Waals surface area contributed by atoms with Gasteiger partial charge in [-0.2, -0.15) is 13.2 Å². The fraction of sp³-hybridized carbons (Fsp3) is 0.158. The highest BCUT2D eigenvalue weighted by Crippen LogP contribution is 2.32. The van der Waals surface area contributed by atoms with Gasteiger partial charge in [-0.25, -0.2) is 9.69 Å². The Bertz CT molecular complexity index is 1130. The average molecular weight is 434 g/mol. The number of urea groups is 1. The number of non-ortho nitro benzene ring substituents is 1. The molecule has 31 heavy (non-hydrogen) atoms. The Morgan fingerprint density at radius 2 is 1.87 bits per heavy atom. The summed E-state index contributed by atoms with van der Waals surface area (Å²) in [5.74, 6) is -3.77. The molecular formula is C19H13F3N4O5. The number of nitro benzene ring substituents is 1. The van der Waals surface area contributed by atoms with Crippen molar-refractivity contribution >= 4 is 41.1 Å². The van der Waals surface area contributed by atoms with Gasteiger partial charge in [0.15, 0.2) is 5.92 Å². The number of aliphatic imine (C=N–C) groups is 1. The SMILES string of the molecule is Cc1ccc([N+](=O)[O-])cc1N=C[C@H]1C(=O)NC(=O)N(c2cccc(C(F)(F)F)c2)C1=O. The Balaban J connectivity index is 1.95. The van der Waals surface area contributed by atoms with Gasteiger partial charge in [-0.3, -0.25) is 30.0 Å². The summed E-state index contributed by atoms with van der Waals surface area (Å²) in [6.07, 6.45) is -3.82. The van der Waals surface area contributed by atoms with Crippen molar-refractivity contribution in [3.05, 3.63) is 63.7 Å². The molecule has 0 radical (unpaired) electrons. The number of nitrogens with zero attached hydrogens (tertiary/aromatic N) is 3. The van der Waals surface area contributed by atoms with Crippen LogP contribution in [0, 0.1) is 23.0 Å². The van der Waals surface area contributed by atoms with Crippen LogP contribution in [0.3, 0.4) is 0 Å². The van der Waals surface area contributed by atoms with Gasteiger partial charge in [-0.1, -0.05) is 12.1 Å². The van der Waals surface area contributed by atoms with Crippen molar-refractivity contribution in [2.24, 2.45) is 10.9 Å². The Morgan fingerprint density at radius 3 is 2.52 bits per heavy atom. The van der Waals surface area contributed by atoms with E-state index in [1.807, 2.05) is 5.32 Å². The fourth-order valence-electron chi connectivity index (χ4n) is 2.79. The number of nitro groups is 1. The van der Waals surface area contributed by atoms with Gasteiger partial charge < -0.3 is 0 Å². The molecule has 1 N–H and O–H groups in total. The Labute approximate surface area is 172 Å². The van der Waals surface area contributed by atoms with Crippen LogP contribution in [0.15, 0.2) is 47.5 Å². The van der Waals surface area contributed by atoms with E-state index in [0.717, 1.165) is 30.5 Å². The van der Waals surface area contributed by atoms with Crippen molar-refractivity contribution in [3.63, 3.8) is 0 Å². The molecule has 1 saturated heterocycles. The number of aryl methyl sites for hydroxylation is 1. The number of rotatable bonds is 4. The minimum absolute atomic E-state index is 0.109. The van der Waals surface area contributed by atoms with Gasteiger partial charge in [-0.05, 0) is 30.7 Å². The summed E-state index contributed by atoms with van der Waals surface area (Å²) in [6.45, 7) is 1.59. The molecule has 0 saturated carbocycles. The third-order valence-electron chi connectivity index (χ3n) is 4.40. The number of alkyl halides is 3. The van der Waals surface area contributed by atoms with Crippen LogP contribution in [-0.2, 0) is 15.8 Å². The van der Waals surface area contributed by atoms with E-state index in [2.05, 4.69) is 4.99 Å². The summed E-state index contributed by atoms with van der Waals surface area (Å²) in [4.78, 5) is 51.7. The van der Waals surface area contributed by atoms with E-state index in [0.29, 0.717) is 16.5 Å². The molecule has 0 spiro atoms. The summed E-state index contributed by atoms with van der Waals surface area (Å²) in [5.41, 5.74) is -1.11. The van der Waals surface area contributed by atoms with Gasteiger partial charge in [-0.15, -0.1) is 0 Å². The van der Waals surface area contributed by atoms with Crippen LogP contribution >= 0.6 is 0 Å². The highest BCUT2D eigenvalue weighted by molar-refractivity contribution is 6.32. The van der Waals surface area contributed by atoms with Crippen molar-refractivity contribution in [2.45, 2.75) is 13.1 Å². The maximum absolute atomic E-state index is 13.0. The Hall–Kier alpha value is -4.09. The third kappa shape index (κ3) is 4.42. The lowest BCUT2D eigenvalue weighted by molar-refractivity contribution is -0.384. The first kappa shape index (κ1) is 21.6. The predicted molar refractivity (Wildman–Crippen MR) is 102 cm³/mol. The average Bonchev–Trinajstić information content (AvgIpc) is 2.68. The zero-order valence-corrected chi connectivity index (χ0v) is 15.7. The van der Waals surface area contributed by atoms with Gasteiger partial charge in [0.25, 0.3) is 11.6 Å². The van der Waals surface area contributed by atoms with Crippen molar-refractivity contribution < 1.29 is 32.5 Å². The molecule has 160 valence electrons. The summed E-state index contributed by atoms with van der Waals surface area (Å²) in [6, 6.07) is 6.11. The number of benzene rings is 2. The Morgan fingerprint density at radius 1 is 1.16 bits per heavy atom. The maximum Gasteiger partial charge on any atom is 0.416 e. The largest absolute Gasteiger partial charge is 0.416 e. The highest BCUT2D eigenvalue weighted by atomic mass is 19.4. The topological polar surface area (TPSA) is 122 Å². The predicted octanol–water partition coefficient (Wildman–Crippen LogP) is 3.52. The third-order valence-corrected chi connectivity index (χ3v) is 4.40. The highest BCUT2D eigenvalue weighted by Gasteiger charge is 2.41. The molecule has 4 amide bonds. The molecule has 1 atom stereocenters. The second-order valence-electron chi connectivity index (χ2n) is 6.50. The lowest BCUT2D eigenvalue weighted by Crippen LogP contribution is -2.58. The normalized spacial score (nSPS) is 17.2. The van der Waals surface area contributed by atoms with E-state index in [1.54, 1.807) is 6.92 Å². The lowest BCUT2D eigenvalue weighted by atomic mass is 10.0. The van der Waals surface area contributed by atoms with Crippen LogP contribution < -0.4 is 10.2 Å². The molecule has 3 rings (SSSR count). The molecule has 0 aliphatic carbocycles. The van der Waals surface area contributed by atoms with Crippen molar-refractivity contribution in [2.75, 3.05) is 4.90 Å². The molecule has 0 aromatic heterocycles. The standard InChI is InChI=1S/C19H13F3N4O5/c1-10-5-6-13(26(30)31)8-15(10)23-9-14-16(27)24-18(29)25(17(14)28)12-4-2-3-11(7-12)19(20,21)22/h2-9,14H,1H3,(H,24,27,29)/t14-/m0/s1. The van der Waals surface area contributed by atoms with Crippen LogP contribution in [-0.4, -0.2) is 29.0 Å². The summed E-state index contributed by atoms with van der Waals surface area (Å²) >= 11 is 0. The number of carbonyl (C=O) groups excluding carboxylic acids is 3. The molecule has 2 aromatic rings. The molecular weight excluding hydrogens is 421 g/mol. The number of halogens is 3. The monoisotopic (exact) mass is 434 g/mol. The van der Waals surface area contributed by atoms with Gasteiger partial charge in [0, 0.05) is 18.3 Å². The number of anilines is 1. The van der Waals surface area contributed by atoms with E-state index >= 15 is 0 Å². The molecule has 1 fully saturated rings. The Kier molecular flexibility index (Phi) is 5.56. The maximum atomic E-state index is 13.0. The number of imide groups is 2. The zero-order valence-electron chi connectivity index (χ0n) is 15.7. The fourth-order valence-corrected chi connectivity index (χ4v) is 2.79. The number of barbiturate groups is 1. The number of hydrogen-bond donors (Lipinski definition) is 1. The second kappa shape index (κ2) is 7.97. The van der Waals surface area contributed by atoms with E-state index in [1.165, 1.54) is 12.1 Å². The van der Waals surface area contributed by atoms with E-state index in [-0.39, 0.29) is 17.1 Å². The zero-order chi connectivity index (χ0) is 22.9. The molecule has 0 bridgehead atoms. The first-order valence-electron chi connectivity index (χ1n) is 8.64. The molecule has 0 unspecified atom stereocenters. The van der Waals surface area contributed by atoms with Crippen LogP contribution in [0.25, 0.3) is 0 Å². The molecule has 1 heterocycles. The summed E-state index contributed by atoms with van der Waals surface area (Å²) in [7, 11) is 0. The molecule has 9 nitrogen and oxygen atoms in total. The van der Waals surface area contributed by atoms with Crippen LogP contribution in [0.2, 0.25) is 0 Å².